The molecule has 1 amide bonds. The van der Waals surface area contributed by atoms with Crippen molar-refractivity contribution in [3.8, 4) is 6.07 Å². The third-order valence-electron chi connectivity index (χ3n) is 6.17. The van der Waals surface area contributed by atoms with E-state index in [0.29, 0.717) is 23.8 Å². The lowest BCUT2D eigenvalue weighted by Crippen LogP contribution is -2.45. The van der Waals surface area contributed by atoms with Crippen molar-refractivity contribution in [1.29, 1.82) is 5.26 Å². The molecule has 1 heterocycles. The first-order chi connectivity index (χ1) is 15.3. The van der Waals surface area contributed by atoms with Crippen LogP contribution in [0.1, 0.15) is 56.5 Å². The van der Waals surface area contributed by atoms with E-state index in [1.165, 1.54) is 0 Å². The first-order valence-corrected chi connectivity index (χ1v) is 11.5. The first-order valence-electron chi connectivity index (χ1n) is 11.5. The van der Waals surface area contributed by atoms with E-state index in [0.717, 1.165) is 37.3 Å². The topological polar surface area (TPSA) is 76.6 Å². The average Bonchev–Trinajstić information content (AvgIpc) is 2.80. The van der Waals surface area contributed by atoms with Gasteiger partial charge in [0.05, 0.1) is 11.6 Å². The Bertz CT molecular complexity index is 931. The van der Waals surface area contributed by atoms with Gasteiger partial charge in [-0.1, -0.05) is 6.07 Å². The van der Waals surface area contributed by atoms with Crippen LogP contribution in [0, 0.1) is 11.3 Å². The highest BCUT2D eigenvalue weighted by molar-refractivity contribution is 5.95. The molecule has 3 rings (SSSR count). The van der Waals surface area contributed by atoms with Crippen molar-refractivity contribution < 1.29 is 4.79 Å². The zero-order valence-electron chi connectivity index (χ0n) is 19.7. The highest BCUT2D eigenvalue weighted by atomic mass is 16.2. The van der Waals surface area contributed by atoms with Crippen LogP contribution in [0.25, 0.3) is 0 Å². The molecule has 32 heavy (non-hydrogen) atoms. The molecule has 6 heteroatoms. The maximum Gasteiger partial charge on any atom is 0.254 e. The van der Waals surface area contributed by atoms with Gasteiger partial charge in [-0.3, -0.25) is 9.69 Å². The molecule has 2 aromatic rings. The Balaban J connectivity index is 1.93. The summed E-state index contributed by atoms with van der Waals surface area (Å²) >= 11 is 0. The number of anilines is 2. The highest BCUT2D eigenvalue weighted by Crippen LogP contribution is 2.33. The van der Waals surface area contributed by atoms with Crippen molar-refractivity contribution in [1.82, 2.24) is 9.80 Å². The SMILES string of the molecule is CC(C)N(C(=O)c1ccc(N(c2cccc(C#N)c2)C2CCN(CN)CC2)cc1)C(C)C. The molecule has 0 aliphatic carbocycles. The van der Waals surface area contributed by atoms with Crippen molar-refractivity contribution >= 4 is 17.3 Å². The van der Waals surface area contributed by atoms with E-state index in [4.69, 9.17) is 5.73 Å². The number of piperidine rings is 1. The van der Waals surface area contributed by atoms with Crippen LogP contribution < -0.4 is 10.6 Å². The van der Waals surface area contributed by atoms with Gasteiger partial charge in [0.25, 0.3) is 5.91 Å². The summed E-state index contributed by atoms with van der Waals surface area (Å²) in [5, 5.41) is 9.40. The van der Waals surface area contributed by atoms with Crippen LogP contribution in [0.4, 0.5) is 11.4 Å². The van der Waals surface area contributed by atoms with E-state index in [2.05, 4.69) is 21.9 Å². The van der Waals surface area contributed by atoms with E-state index < -0.39 is 0 Å². The van der Waals surface area contributed by atoms with E-state index in [1.807, 2.05) is 75.1 Å². The van der Waals surface area contributed by atoms with Crippen LogP contribution in [0.3, 0.4) is 0 Å². The summed E-state index contributed by atoms with van der Waals surface area (Å²) in [4.78, 5) is 19.6. The summed E-state index contributed by atoms with van der Waals surface area (Å²) in [6.07, 6.45) is 1.98. The fourth-order valence-corrected chi connectivity index (χ4v) is 4.64. The minimum Gasteiger partial charge on any atom is -0.338 e. The number of hydrogen-bond donors (Lipinski definition) is 1. The number of carbonyl (C=O) groups excluding carboxylic acids is 1. The van der Waals surface area contributed by atoms with Crippen LogP contribution >= 0.6 is 0 Å². The monoisotopic (exact) mass is 433 g/mol. The predicted molar refractivity (Wildman–Crippen MR) is 130 cm³/mol. The van der Waals surface area contributed by atoms with Crippen molar-refractivity contribution in [2.24, 2.45) is 5.73 Å². The molecule has 1 saturated heterocycles. The molecule has 2 aromatic carbocycles. The molecule has 0 aromatic heterocycles. The highest BCUT2D eigenvalue weighted by Gasteiger charge is 2.27. The number of nitriles is 1. The van der Waals surface area contributed by atoms with Gasteiger partial charge in [0.2, 0.25) is 0 Å². The van der Waals surface area contributed by atoms with Crippen LogP contribution in [0.5, 0.6) is 0 Å². The molecular formula is C26H35N5O. The maximum atomic E-state index is 13.1. The van der Waals surface area contributed by atoms with Gasteiger partial charge in [-0.25, -0.2) is 0 Å². The summed E-state index contributed by atoms with van der Waals surface area (Å²) in [6.45, 7) is 10.7. The van der Waals surface area contributed by atoms with Gasteiger partial charge in [-0.2, -0.15) is 5.26 Å². The van der Waals surface area contributed by atoms with Gasteiger partial charge >= 0.3 is 0 Å². The van der Waals surface area contributed by atoms with Gasteiger partial charge in [0, 0.05) is 54.8 Å². The second-order valence-corrected chi connectivity index (χ2v) is 9.01. The third kappa shape index (κ3) is 5.29. The number of rotatable bonds is 7. The van der Waals surface area contributed by atoms with Gasteiger partial charge in [0.1, 0.15) is 0 Å². The summed E-state index contributed by atoms with van der Waals surface area (Å²) in [6, 6.07) is 18.5. The third-order valence-corrected chi connectivity index (χ3v) is 6.17. The Kier molecular flexibility index (Phi) is 7.89. The van der Waals surface area contributed by atoms with Crippen molar-refractivity contribution in [3.63, 3.8) is 0 Å². The van der Waals surface area contributed by atoms with Crippen molar-refractivity contribution in [3.05, 3.63) is 59.7 Å². The van der Waals surface area contributed by atoms with Gasteiger partial charge < -0.3 is 15.5 Å². The summed E-state index contributed by atoms with van der Waals surface area (Å²) in [7, 11) is 0. The molecule has 0 atom stereocenters. The minimum atomic E-state index is 0.0517. The molecule has 0 saturated carbocycles. The minimum absolute atomic E-state index is 0.0517. The van der Waals surface area contributed by atoms with Gasteiger partial charge in [-0.15, -0.1) is 0 Å². The lowest BCUT2D eigenvalue weighted by atomic mass is 10.0. The normalized spacial score (nSPS) is 15.1. The molecule has 1 fully saturated rings. The second kappa shape index (κ2) is 10.6. The van der Waals surface area contributed by atoms with Crippen LogP contribution in [0.15, 0.2) is 48.5 Å². The Morgan fingerprint density at radius 3 is 2.22 bits per heavy atom. The first kappa shape index (κ1) is 23.8. The Labute approximate surface area is 192 Å². The van der Waals surface area contributed by atoms with E-state index in [-0.39, 0.29) is 18.0 Å². The predicted octanol–water partition coefficient (Wildman–Crippen LogP) is 4.34. The van der Waals surface area contributed by atoms with Gasteiger partial charge in [0.15, 0.2) is 0 Å². The Hall–Kier alpha value is -2.88. The molecule has 6 nitrogen and oxygen atoms in total. The van der Waals surface area contributed by atoms with Crippen LogP contribution in [-0.2, 0) is 0 Å². The summed E-state index contributed by atoms with van der Waals surface area (Å²) < 4.78 is 0. The van der Waals surface area contributed by atoms with Crippen LogP contribution in [0.2, 0.25) is 0 Å². The fraction of sp³-hybridized carbons (Fsp3) is 0.462. The Morgan fingerprint density at radius 2 is 1.69 bits per heavy atom. The molecule has 1 aliphatic heterocycles. The number of nitrogens with two attached hydrogens (primary N) is 1. The molecular weight excluding hydrogens is 398 g/mol. The van der Waals surface area contributed by atoms with E-state index in [1.54, 1.807) is 0 Å². The largest absolute Gasteiger partial charge is 0.338 e. The molecule has 0 unspecified atom stereocenters. The van der Waals surface area contributed by atoms with E-state index in [9.17, 15) is 10.1 Å². The molecule has 2 N–H and O–H groups in total. The van der Waals surface area contributed by atoms with Crippen molar-refractivity contribution in [2.75, 3.05) is 24.7 Å². The van der Waals surface area contributed by atoms with E-state index >= 15 is 0 Å². The quantitative estimate of drug-likeness (QED) is 0.703. The lowest BCUT2D eigenvalue weighted by Gasteiger charge is -2.39. The zero-order chi connectivity index (χ0) is 23.3. The second-order valence-electron chi connectivity index (χ2n) is 9.01. The zero-order valence-corrected chi connectivity index (χ0v) is 19.7. The van der Waals surface area contributed by atoms with Crippen LogP contribution in [-0.4, -0.2) is 53.6 Å². The number of hydrogen-bond acceptors (Lipinski definition) is 5. The standard InChI is InChI=1S/C26H35N5O/c1-19(2)30(20(3)4)26(32)22-8-10-23(11-9-22)31(24-12-14-29(18-28)15-13-24)25-7-5-6-21(16-25)17-27/h5-11,16,19-20,24H,12-15,18,28H2,1-4H3. The number of carbonyl (C=O) groups is 1. The molecule has 0 radical (unpaired) electrons. The summed E-state index contributed by atoms with van der Waals surface area (Å²) in [5.74, 6) is 0.0517. The number of benzene rings is 2. The Morgan fingerprint density at radius 1 is 1.06 bits per heavy atom. The molecule has 170 valence electrons. The number of likely N-dealkylation sites (tertiary alicyclic amines) is 1. The number of nitrogens with zero attached hydrogens (tertiary/aromatic N) is 4. The lowest BCUT2D eigenvalue weighted by molar-refractivity contribution is 0.0644. The molecule has 0 spiro atoms. The fourth-order valence-electron chi connectivity index (χ4n) is 4.64. The average molecular weight is 434 g/mol. The van der Waals surface area contributed by atoms with Crippen molar-refractivity contribution in [2.45, 2.75) is 58.7 Å². The summed E-state index contributed by atoms with van der Waals surface area (Å²) in [5.41, 5.74) is 9.20. The molecule has 1 aliphatic rings. The smallest absolute Gasteiger partial charge is 0.254 e. The van der Waals surface area contributed by atoms with Gasteiger partial charge in [-0.05, 0) is 83.0 Å². The number of amides is 1. The molecule has 0 bridgehead atoms. The maximum absolute atomic E-state index is 13.1.